The molecule has 1 amide bonds. The highest BCUT2D eigenvalue weighted by Crippen LogP contribution is 2.20. The molecule has 0 spiro atoms. The van der Waals surface area contributed by atoms with E-state index in [1.807, 2.05) is 4.90 Å². The zero-order valence-corrected chi connectivity index (χ0v) is 14.2. The minimum Gasteiger partial charge on any atom is -0.366 e. The van der Waals surface area contributed by atoms with Gasteiger partial charge in [0.2, 0.25) is 17.6 Å². The maximum atomic E-state index is 12.4. The highest BCUT2D eigenvalue weighted by atomic mass is 16.5. The van der Waals surface area contributed by atoms with Crippen molar-refractivity contribution in [1.29, 1.82) is 0 Å². The lowest BCUT2D eigenvalue weighted by molar-refractivity contribution is -0.139. The Bertz CT molecular complexity index is 681. The van der Waals surface area contributed by atoms with Crippen molar-refractivity contribution < 1.29 is 14.1 Å². The van der Waals surface area contributed by atoms with Crippen molar-refractivity contribution in [2.24, 2.45) is 0 Å². The Labute approximate surface area is 141 Å². The van der Waals surface area contributed by atoms with E-state index in [1.54, 1.807) is 6.92 Å². The van der Waals surface area contributed by atoms with Gasteiger partial charge in [0, 0.05) is 19.9 Å². The lowest BCUT2D eigenvalue weighted by Crippen LogP contribution is -2.42. The number of aromatic nitrogens is 2. The van der Waals surface area contributed by atoms with Crippen LogP contribution in [0.2, 0.25) is 0 Å². The maximum absolute atomic E-state index is 12.4. The average Bonchev–Trinajstić information content (AvgIpc) is 3.03. The molecular weight excluding hydrogens is 306 g/mol. The maximum Gasteiger partial charge on any atom is 0.223 e. The molecule has 1 atom stereocenters. The van der Waals surface area contributed by atoms with Crippen molar-refractivity contribution in [2.75, 3.05) is 19.7 Å². The molecule has 6 nitrogen and oxygen atoms in total. The molecule has 1 fully saturated rings. The largest absolute Gasteiger partial charge is 0.366 e. The number of carbonyl (C=O) groups excluding carboxylic acids is 1. The Morgan fingerprint density at radius 3 is 2.79 bits per heavy atom. The van der Waals surface area contributed by atoms with Crippen LogP contribution < -0.4 is 0 Å². The summed E-state index contributed by atoms with van der Waals surface area (Å²) in [5, 5.41) is 3.89. The van der Waals surface area contributed by atoms with Crippen molar-refractivity contribution in [3.8, 4) is 0 Å². The number of nitrogens with zero attached hydrogens (tertiary/aromatic N) is 3. The molecule has 1 aromatic heterocycles. The lowest BCUT2D eigenvalue weighted by Gasteiger charge is -2.31. The number of rotatable bonds is 5. The van der Waals surface area contributed by atoms with Gasteiger partial charge in [0.15, 0.2) is 0 Å². The molecule has 0 aliphatic carbocycles. The smallest absolute Gasteiger partial charge is 0.223 e. The van der Waals surface area contributed by atoms with E-state index in [1.165, 1.54) is 11.1 Å². The first-order chi connectivity index (χ1) is 11.6. The summed E-state index contributed by atoms with van der Waals surface area (Å²) >= 11 is 0. The molecule has 1 unspecified atom stereocenters. The highest BCUT2D eigenvalue weighted by Gasteiger charge is 2.28. The van der Waals surface area contributed by atoms with Crippen LogP contribution in [-0.2, 0) is 16.0 Å². The van der Waals surface area contributed by atoms with E-state index in [9.17, 15) is 4.79 Å². The van der Waals surface area contributed by atoms with Crippen LogP contribution in [0.1, 0.15) is 41.8 Å². The molecule has 2 aromatic rings. The minimum absolute atomic E-state index is 0.163. The van der Waals surface area contributed by atoms with Gasteiger partial charge in [-0.25, -0.2) is 0 Å². The number of morpholine rings is 1. The fourth-order valence-corrected chi connectivity index (χ4v) is 2.83. The van der Waals surface area contributed by atoms with Gasteiger partial charge >= 0.3 is 0 Å². The first-order valence-corrected chi connectivity index (χ1v) is 8.37. The molecule has 1 aliphatic rings. The average molecular weight is 329 g/mol. The van der Waals surface area contributed by atoms with Gasteiger partial charge in [0.25, 0.3) is 0 Å². The fraction of sp³-hybridized carbons (Fsp3) is 0.500. The number of carbonyl (C=O) groups is 1. The molecule has 24 heavy (non-hydrogen) atoms. The molecule has 2 heterocycles. The van der Waals surface area contributed by atoms with Crippen LogP contribution >= 0.6 is 0 Å². The van der Waals surface area contributed by atoms with E-state index >= 15 is 0 Å². The molecule has 0 N–H and O–H groups in total. The topological polar surface area (TPSA) is 68.5 Å². The number of benzene rings is 1. The van der Waals surface area contributed by atoms with Gasteiger partial charge in [-0.2, -0.15) is 4.98 Å². The molecule has 0 radical (unpaired) electrons. The van der Waals surface area contributed by atoms with Crippen molar-refractivity contribution >= 4 is 5.91 Å². The lowest BCUT2D eigenvalue weighted by atomic mass is 10.1. The fourth-order valence-electron chi connectivity index (χ4n) is 2.83. The van der Waals surface area contributed by atoms with Crippen molar-refractivity contribution in [1.82, 2.24) is 15.0 Å². The van der Waals surface area contributed by atoms with Crippen LogP contribution in [0.15, 0.2) is 28.8 Å². The van der Waals surface area contributed by atoms with Gasteiger partial charge < -0.3 is 14.2 Å². The van der Waals surface area contributed by atoms with E-state index < -0.39 is 0 Å². The van der Waals surface area contributed by atoms with Gasteiger partial charge in [0.1, 0.15) is 6.10 Å². The van der Waals surface area contributed by atoms with E-state index in [2.05, 4.69) is 41.3 Å². The van der Waals surface area contributed by atoms with Crippen molar-refractivity contribution in [2.45, 2.75) is 39.2 Å². The molecule has 128 valence electrons. The van der Waals surface area contributed by atoms with Crippen molar-refractivity contribution in [3.05, 3.63) is 47.1 Å². The summed E-state index contributed by atoms with van der Waals surface area (Å²) in [6.45, 7) is 5.43. The van der Waals surface area contributed by atoms with Gasteiger partial charge in [-0.1, -0.05) is 35.0 Å². The second-order valence-electron chi connectivity index (χ2n) is 6.21. The van der Waals surface area contributed by atoms with Crippen LogP contribution in [0.5, 0.6) is 0 Å². The van der Waals surface area contributed by atoms with Gasteiger partial charge in [-0.3, -0.25) is 4.79 Å². The van der Waals surface area contributed by atoms with E-state index in [0.717, 1.165) is 12.8 Å². The van der Waals surface area contributed by atoms with Crippen LogP contribution in [0.3, 0.4) is 0 Å². The monoisotopic (exact) mass is 329 g/mol. The Morgan fingerprint density at radius 2 is 2.08 bits per heavy atom. The first-order valence-electron chi connectivity index (χ1n) is 8.37. The third kappa shape index (κ3) is 4.20. The Morgan fingerprint density at radius 1 is 1.29 bits per heavy atom. The van der Waals surface area contributed by atoms with E-state index in [-0.39, 0.29) is 12.0 Å². The Balaban J connectivity index is 1.48. The summed E-state index contributed by atoms with van der Waals surface area (Å²) in [5.41, 5.74) is 2.53. The predicted molar refractivity (Wildman–Crippen MR) is 88.4 cm³/mol. The number of hydrogen-bond acceptors (Lipinski definition) is 5. The summed E-state index contributed by atoms with van der Waals surface area (Å²) in [4.78, 5) is 18.5. The molecule has 1 saturated heterocycles. The highest BCUT2D eigenvalue weighted by molar-refractivity contribution is 5.76. The zero-order chi connectivity index (χ0) is 16.9. The van der Waals surface area contributed by atoms with E-state index in [0.29, 0.717) is 37.8 Å². The van der Waals surface area contributed by atoms with Crippen LogP contribution in [-0.4, -0.2) is 40.6 Å². The number of aryl methyl sites for hydroxylation is 3. The Hall–Kier alpha value is -2.21. The molecular formula is C18H23N3O3. The van der Waals surface area contributed by atoms with Crippen LogP contribution in [0.25, 0.3) is 0 Å². The standard InChI is InChI=1S/C18H23N3O3/c1-13-6-8-15(9-7-13)4-3-5-17(22)21-10-11-23-16(12-21)18-19-14(2)24-20-18/h6-9,16H,3-5,10-12H2,1-2H3. The third-order valence-electron chi connectivity index (χ3n) is 4.23. The van der Waals surface area contributed by atoms with E-state index in [4.69, 9.17) is 9.26 Å². The summed E-state index contributed by atoms with van der Waals surface area (Å²) in [5.74, 6) is 1.19. The number of amides is 1. The Kier molecular flexibility index (Phi) is 5.25. The van der Waals surface area contributed by atoms with Crippen LogP contribution in [0, 0.1) is 13.8 Å². The number of ether oxygens (including phenoxy) is 1. The molecule has 0 saturated carbocycles. The SMILES string of the molecule is Cc1ccc(CCCC(=O)N2CCOC(c3noc(C)n3)C2)cc1. The first kappa shape index (κ1) is 16.6. The summed E-state index contributed by atoms with van der Waals surface area (Å²) < 4.78 is 10.7. The van der Waals surface area contributed by atoms with Crippen molar-refractivity contribution in [3.63, 3.8) is 0 Å². The molecule has 6 heteroatoms. The van der Waals surface area contributed by atoms with Gasteiger partial charge in [-0.15, -0.1) is 0 Å². The summed E-state index contributed by atoms with van der Waals surface area (Å²) in [6, 6.07) is 8.47. The summed E-state index contributed by atoms with van der Waals surface area (Å²) in [7, 11) is 0. The zero-order valence-electron chi connectivity index (χ0n) is 14.2. The van der Waals surface area contributed by atoms with Gasteiger partial charge in [0.05, 0.1) is 13.2 Å². The third-order valence-corrected chi connectivity index (χ3v) is 4.23. The van der Waals surface area contributed by atoms with Crippen LogP contribution in [0.4, 0.5) is 0 Å². The minimum atomic E-state index is -0.294. The second-order valence-corrected chi connectivity index (χ2v) is 6.21. The predicted octanol–water partition coefficient (Wildman–Crippen LogP) is 2.61. The molecule has 1 aromatic carbocycles. The quantitative estimate of drug-likeness (QED) is 0.843. The summed E-state index contributed by atoms with van der Waals surface area (Å²) in [6.07, 6.45) is 2.03. The van der Waals surface area contributed by atoms with Gasteiger partial charge in [-0.05, 0) is 25.3 Å². The second kappa shape index (κ2) is 7.57. The molecule has 0 bridgehead atoms. The molecule has 1 aliphatic heterocycles. The molecule has 3 rings (SSSR count). The number of hydrogen-bond donors (Lipinski definition) is 0. The normalized spacial score (nSPS) is 17.9.